The van der Waals surface area contributed by atoms with Gasteiger partial charge in [0, 0.05) is 48.6 Å². The first-order valence-corrected chi connectivity index (χ1v) is 17.4. The number of hydrogen-bond acceptors (Lipinski definition) is 4. The zero-order valence-electron chi connectivity index (χ0n) is 26.7. The van der Waals surface area contributed by atoms with Crippen LogP contribution in [0.3, 0.4) is 0 Å². The van der Waals surface area contributed by atoms with E-state index in [4.69, 9.17) is 9.97 Å². The van der Waals surface area contributed by atoms with E-state index >= 15 is 0 Å². The van der Waals surface area contributed by atoms with E-state index in [2.05, 4.69) is 126 Å². The van der Waals surface area contributed by atoms with Crippen LogP contribution in [0.4, 0.5) is 0 Å². The molecule has 3 heterocycles. The third-order valence-corrected chi connectivity index (χ3v) is 10.8. The first-order valence-electron chi connectivity index (χ1n) is 16.6. The lowest BCUT2D eigenvalue weighted by atomic mass is 9.96. The normalized spacial score (nSPS) is 11.6. The lowest BCUT2D eigenvalue weighted by Gasteiger charge is -2.14. The summed E-state index contributed by atoms with van der Waals surface area (Å²) in [6.45, 7) is 0. The first kappa shape index (κ1) is 28.4. The van der Waals surface area contributed by atoms with Crippen molar-refractivity contribution in [3.05, 3.63) is 163 Å². The van der Waals surface area contributed by atoms with Crippen LogP contribution in [-0.2, 0) is 0 Å². The standard InChI is InChI=1S/C45H26N4S/c46-27-37-41(31-23-22-28-12-7-8-15-30(28)26-31)47-45(29-13-3-1-4-14-29)48-42(37)35-19-11-20-38-40(35)36-25-24-34-33-18-9-10-21-39(33)50-44(34)43(36)49(38)32-16-5-2-6-17-32/h1-26H. The molecule has 10 aromatic rings. The Morgan fingerprint density at radius 3 is 2.12 bits per heavy atom. The lowest BCUT2D eigenvalue weighted by molar-refractivity contribution is 1.17. The van der Waals surface area contributed by atoms with Gasteiger partial charge in [-0.05, 0) is 41.1 Å². The number of thiophene rings is 1. The number of fused-ring (bicyclic) bond motifs is 8. The van der Waals surface area contributed by atoms with Crippen LogP contribution in [0.25, 0.3) is 92.3 Å². The van der Waals surface area contributed by atoms with Gasteiger partial charge in [0.1, 0.15) is 11.6 Å². The van der Waals surface area contributed by atoms with Gasteiger partial charge >= 0.3 is 0 Å². The van der Waals surface area contributed by atoms with Gasteiger partial charge in [-0.25, -0.2) is 9.97 Å². The molecule has 0 atom stereocenters. The van der Waals surface area contributed by atoms with E-state index < -0.39 is 0 Å². The molecule has 10 rings (SSSR count). The van der Waals surface area contributed by atoms with Crippen LogP contribution in [0.2, 0.25) is 0 Å². The molecule has 0 N–H and O–H groups in total. The predicted octanol–water partition coefficient (Wildman–Crippen LogP) is 12.0. The molecule has 50 heavy (non-hydrogen) atoms. The molecule has 0 bridgehead atoms. The smallest absolute Gasteiger partial charge is 0.160 e. The molecule has 3 aromatic heterocycles. The first-order chi connectivity index (χ1) is 24.8. The quantitative estimate of drug-likeness (QED) is 0.190. The molecule has 0 spiro atoms. The maximum atomic E-state index is 11.0. The van der Waals surface area contributed by atoms with E-state index in [0.717, 1.165) is 55.0 Å². The third kappa shape index (κ3) is 4.29. The number of nitriles is 1. The summed E-state index contributed by atoms with van der Waals surface area (Å²) in [4.78, 5) is 10.3. The molecule has 0 fully saturated rings. The number of para-hydroxylation sites is 1. The van der Waals surface area contributed by atoms with Gasteiger partial charge in [-0.2, -0.15) is 5.26 Å². The lowest BCUT2D eigenvalue weighted by Crippen LogP contribution is -2.01. The van der Waals surface area contributed by atoms with Crippen molar-refractivity contribution in [2.45, 2.75) is 0 Å². The molecule has 7 aromatic carbocycles. The Balaban J connectivity index is 1.34. The van der Waals surface area contributed by atoms with E-state index in [1.165, 1.54) is 20.2 Å². The Bertz CT molecular complexity index is 2990. The zero-order chi connectivity index (χ0) is 33.2. The largest absolute Gasteiger partial charge is 0.308 e. The van der Waals surface area contributed by atoms with Crippen molar-refractivity contribution in [3.63, 3.8) is 0 Å². The molecule has 232 valence electrons. The second-order valence-electron chi connectivity index (χ2n) is 12.5. The topological polar surface area (TPSA) is 54.5 Å². The molecule has 0 saturated carbocycles. The number of rotatable bonds is 4. The second-order valence-corrected chi connectivity index (χ2v) is 13.5. The number of hydrogen-bond donors (Lipinski definition) is 0. The maximum Gasteiger partial charge on any atom is 0.160 e. The van der Waals surface area contributed by atoms with Crippen molar-refractivity contribution in [2.24, 2.45) is 0 Å². The van der Waals surface area contributed by atoms with E-state index in [1.807, 2.05) is 53.8 Å². The van der Waals surface area contributed by atoms with E-state index in [1.54, 1.807) is 0 Å². The van der Waals surface area contributed by atoms with Crippen LogP contribution in [0.1, 0.15) is 5.56 Å². The highest BCUT2D eigenvalue weighted by atomic mass is 32.1. The van der Waals surface area contributed by atoms with E-state index in [9.17, 15) is 5.26 Å². The fraction of sp³-hybridized carbons (Fsp3) is 0. The number of nitrogens with zero attached hydrogens (tertiary/aromatic N) is 4. The summed E-state index contributed by atoms with van der Waals surface area (Å²) in [5.74, 6) is 0.582. The Hall–Kier alpha value is -6.61. The molecule has 0 aliphatic carbocycles. The highest BCUT2D eigenvalue weighted by Gasteiger charge is 2.24. The molecule has 4 nitrogen and oxygen atoms in total. The van der Waals surface area contributed by atoms with Crippen molar-refractivity contribution < 1.29 is 0 Å². The van der Waals surface area contributed by atoms with E-state index in [0.29, 0.717) is 22.8 Å². The highest BCUT2D eigenvalue weighted by Crippen LogP contribution is 2.46. The molecular weight excluding hydrogens is 629 g/mol. The van der Waals surface area contributed by atoms with Crippen LogP contribution >= 0.6 is 11.3 Å². The Morgan fingerprint density at radius 1 is 0.560 bits per heavy atom. The van der Waals surface area contributed by atoms with Gasteiger partial charge in [0.15, 0.2) is 5.82 Å². The zero-order valence-corrected chi connectivity index (χ0v) is 27.5. The van der Waals surface area contributed by atoms with Gasteiger partial charge in [-0.15, -0.1) is 11.3 Å². The average molecular weight is 655 g/mol. The fourth-order valence-corrected chi connectivity index (χ4v) is 8.63. The van der Waals surface area contributed by atoms with Crippen LogP contribution in [0.15, 0.2) is 158 Å². The third-order valence-electron chi connectivity index (χ3n) is 9.64. The van der Waals surface area contributed by atoms with Gasteiger partial charge in [0.25, 0.3) is 0 Å². The summed E-state index contributed by atoms with van der Waals surface area (Å²) in [5.41, 5.74) is 7.68. The van der Waals surface area contributed by atoms with Crippen LogP contribution in [0, 0.1) is 11.3 Å². The highest BCUT2D eigenvalue weighted by molar-refractivity contribution is 7.26. The van der Waals surface area contributed by atoms with Gasteiger partial charge < -0.3 is 4.57 Å². The molecule has 0 radical (unpaired) electrons. The Kier molecular flexibility index (Phi) is 6.38. The predicted molar refractivity (Wildman–Crippen MR) is 208 cm³/mol. The van der Waals surface area contributed by atoms with Crippen molar-refractivity contribution >= 4 is 64.1 Å². The second kappa shape index (κ2) is 11.2. The van der Waals surface area contributed by atoms with Crippen LogP contribution in [0.5, 0.6) is 0 Å². The monoisotopic (exact) mass is 654 g/mol. The summed E-state index contributed by atoms with van der Waals surface area (Å²) in [5, 5.41) is 17.9. The number of aromatic nitrogens is 3. The molecule has 0 unspecified atom stereocenters. The number of benzene rings is 7. The minimum absolute atomic E-state index is 0.455. The molecule has 5 heteroatoms. The molecular formula is C45H26N4S. The van der Waals surface area contributed by atoms with Crippen molar-refractivity contribution in [2.75, 3.05) is 0 Å². The fourth-order valence-electron chi connectivity index (χ4n) is 7.39. The maximum absolute atomic E-state index is 11.0. The van der Waals surface area contributed by atoms with Crippen molar-refractivity contribution in [1.82, 2.24) is 14.5 Å². The molecule has 0 saturated heterocycles. The summed E-state index contributed by atoms with van der Waals surface area (Å²) in [6.07, 6.45) is 0. The summed E-state index contributed by atoms with van der Waals surface area (Å²) < 4.78 is 4.87. The van der Waals surface area contributed by atoms with Gasteiger partial charge in [-0.1, -0.05) is 127 Å². The Labute approximate surface area is 291 Å². The van der Waals surface area contributed by atoms with E-state index in [-0.39, 0.29) is 0 Å². The van der Waals surface area contributed by atoms with Crippen LogP contribution < -0.4 is 0 Å². The SMILES string of the molecule is N#Cc1c(-c2ccc3ccccc3c2)nc(-c2ccccc2)nc1-c1cccc2c1c1ccc3c4ccccc4sc3c1n2-c1ccccc1. The summed E-state index contributed by atoms with van der Waals surface area (Å²) >= 11 is 1.83. The van der Waals surface area contributed by atoms with Crippen molar-refractivity contribution in [1.29, 1.82) is 5.26 Å². The van der Waals surface area contributed by atoms with Gasteiger partial charge in [0.05, 0.1) is 27.1 Å². The average Bonchev–Trinajstić information content (AvgIpc) is 3.74. The molecule has 0 amide bonds. The minimum atomic E-state index is 0.455. The van der Waals surface area contributed by atoms with Gasteiger partial charge in [-0.3, -0.25) is 0 Å². The summed E-state index contributed by atoms with van der Waals surface area (Å²) in [6, 6.07) is 57.2. The Morgan fingerprint density at radius 2 is 1.28 bits per heavy atom. The van der Waals surface area contributed by atoms with Crippen molar-refractivity contribution in [3.8, 4) is 45.7 Å². The molecule has 0 aliphatic heterocycles. The summed E-state index contributed by atoms with van der Waals surface area (Å²) in [7, 11) is 0. The molecule has 0 aliphatic rings. The van der Waals surface area contributed by atoms with Gasteiger partial charge in [0.2, 0.25) is 0 Å². The van der Waals surface area contributed by atoms with Crippen LogP contribution in [-0.4, -0.2) is 14.5 Å². The minimum Gasteiger partial charge on any atom is -0.308 e.